The topological polar surface area (TPSA) is 92.8 Å². The highest BCUT2D eigenvalue weighted by Crippen LogP contribution is 2.40. The van der Waals surface area contributed by atoms with Crippen LogP contribution >= 0.6 is 15.9 Å². The van der Waals surface area contributed by atoms with Crippen molar-refractivity contribution in [3.05, 3.63) is 70.2 Å². The molecule has 34 heavy (non-hydrogen) atoms. The summed E-state index contributed by atoms with van der Waals surface area (Å²) >= 11 is 3.41. The van der Waals surface area contributed by atoms with E-state index in [1.54, 1.807) is 18.2 Å². The Kier molecular flexibility index (Phi) is 6.97. The molecule has 2 aromatic rings. The van der Waals surface area contributed by atoms with Crippen molar-refractivity contribution < 1.29 is 23.9 Å². The van der Waals surface area contributed by atoms with Gasteiger partial charge in [-0.05, 0) is 66.8 Å². The number of aryl methyl sites for hydroxylation is 1. The highest BCUT2D eigenvalue weighted by molar-refractivity contribution is 9.10. The summed E-state index contributed by atoms with van der Waals surface area (Å²) in [5, 5.41) is 2.76. The van der Waals surface area contributed by atoms with Crippen molar-refractivity contribution in [2.75, 3.05) is 16.8 Å². The van der Waals surface area contributed by atoms with Gasteiger partial charge < -0.3 is 10.1 Å². The molecule has 176 valence electrons. The van der Waals surface area contributed by atoms with E-state index in [-0.39, 0.29) is 35.1 Å². The number of halogens is 1. The maximum atomic E-state index is 12.9. The zero-order chi connectivity index (χ0) is 24.4. The van der Waals surface area contributed by atoms with E-state index >= 15 is 0 Å². The number of allylic oxidation sites excluding steroid dienone is 2. The smallest absolute Gasteiger partial charge is 0.338 e. The number of ether oxygens (including phenoxy) is 1. The minimum Gasteiger partial charge on any atom is -0.452 e. The lowest BCUT2D eigenvalue weighted by Gasteiger charge is -2.22. The van der Waals surface area contributed by atoms with Crippen LogP contribution in [0, 0.1) is 17.8 Å². The molecule has 1 fully saturated rings. The molecule has 0 saturated carbocycles. The van der Waals surface area contributed by atoms with Crippen molar-refractivity contribution in [1.29, 1.82) is 0 Å². The standard InChI is InChI=1S/C26H25BrN2O5/c1-3-16-13-18(27)9-12-21(16)28-22(30)14-34-26(33)17-7-10-19(11-8-17)29-24(31)20-6-4-5-15(2)23(20)25(29)32/h4-5,7-13,15,20,23H,3,6,14H2,1-2H3,(H,28,30)/t15-,20+,23+/m0/s1. The number of carbonyl (C=O) groups excluding carboxylic acids is 4. The fourth-order valence-electron chi connectivity index (χ4n) is 4.53. The number of imide groups is 1. The van der Waals surface area contributed by atoms with Gasteiger partial charge in [-0.1, -0.05) is 41.9 Å². The van der Waals surface area contributed by atoms with Crippen molar-refractivity contribution in [3.63, 3.8) is 0 Å². The molecule has 1 N–H and O–H groups in total. The van der Waals surface area contributed by atoms with E-state index in [0.29, 0.717) is 17.8 Å². The van der Waals surface area contributed by atoms with E-state index in [2.05, 4.69) is 21.2 Å². The number of nitrogens with one attached hydrogen (secondary N) is 1. The first kappa shape index (κ1) is 23.9. The molecule has 4 rings (SSSR count). The molecule has 2 aromatic carbocycles. The monoisotopic (exact) mass is 524 g/mol. The second-order valence-electron chi connectivity index (χ2n) is 8.49. The maximum Gasteiger partial charge on any atom is 0.338 e. The quantitative estimate of drug-likeness (QED) is 0.341. The van der Waals surface area contributed by atoms with Crippen LogP contribution in [-0.2, 0) is 25.5 Å². The first-order valence-electron chi connectivity index (χ1n) is 11.2. The number of benzene rings is 2. The molecule has 3 atom stereocenters. The van der Waals surface area contributed by atoms with Crippen LogP contribution < -0.4 is 10.2 Å². The lowest BCUT2D eigenvalue weighted by atomic mass is 9.78. The van der Waals surface area contributed by atoms with Crippen molar-refractivity contribution in [2.45, 2.75) is 26.7 Å². The normalized spacial score (nSPS) is 21.4. The van der Waals surface area contributed by atoms with Crippen LogP contribution in [0.1, 0.15) is 36.2 Å². The van der Waals surface area contributed by atoms with Gasteiger partial charge in [0.15, 0.2) is 6.61 Å². The Bertz CT molecular complexity index is 1170. The summed E-state index contributed by atoms with van der Waals surface area (Å²) < 4.78 is 6.06. The third-order valence-corrected chi connectivity index (χ3v) is 6.78. The predicted molar refractivity (Wildman–Crippen MR) is 131 cm³/mol. The van der Waals surface area contributed by atoms with Crippen molar-refractivity contribution >= 4 is 51.0 Å². The molecule has 0 bridgehead atoms. The van der Waals surface area contributed by atoms with Gasteiger partial charge in [0.1, 0.15) is 0 Å². The number of nitrogens with zero attached hydrogens (tertiary/aromatic N) is 1. The highest BCUT2D eigenvalue weighted by atomic mass is 79.9. The number of hydrogen-bond acceptors (Lipinski definition) is 5. The highest BCUT2D eigenvalue weighted by Gasteiger charge is 2.50. The lowest BCUT2D eigenvalue weighted by Crippen LogP contribution is -2.31. The minimum absolute atomic E-state index is 0.00594. The van der Waals surface area contributed by atoms with Crippen LogP contribution in [0.5, 0.6) is 0 Å². The summed E-state index contributed by atoms with van der Waals surface area (Å²) in [6, 6.07) is 11.6. The Labute approximate surface area is 206 Å². The van der Waals surface area contributed by atoms with Gasteiger partial charge in [0.05, 0.1) is 23.1 Å². The summed E-state index contributed by atoms with van der Waals surface area (Å²) in [4.78, 5) is 51.6. The molecule has 1 saturated heterocycles. The fourth-order valence-corrected chi connectivity index (χ4v) is 4.93. The first-order chi connectivity index (χ1) is 16.3. The Morgan fingerprint density at radius 3 is 2.53 bits per heavy atom. The SMILES string of the molecule is CCc1cc(Br)ccc1NC(=O)COC(=O)c1ccc(N2C(=O)[C@@H]3[C@@H](C)C=CC[C@H]3C2=O)cc1. The number of anilines is 2. The molecule has 7 nitrogen and oxygen atoms in total. The van der Waals surface area contributed by atoms with Gasteiger partial charge >= 0.3 is 5.97 Å². The molecule has 1 heterocycles. The number of amides is 3. The summed E-state index contributed by atoms with van der Waals surface area (Å²) in [6.45, 7) is 3.49. The molecule has 0 aromatic heterocycles. The summed E-state index contributed by atoms with van der Waals surface area (Å²) in [7, 11) is 0. The van der Waals surface area contributed by atoms with Crippen LogP contribution in [0.4, 0.5) is 11.4 Å². The van der Waals surface area contributed by atoms with E-state index in [1.165, 1.54) is 17.0 Å². The van der Waals surface area contributed by atoms with Crippen LogP contribution in [0.3, 0.4) is 0 Å². The largest absolute Gasteiger partial charge is 0.452 e. The molecule has 0 radical (unpaired) electrons. The van der Waals surface area contributed by atoms with E-state index in [9.17, 15) is 19.2 Å². The predicted octanol–water partition coefficient (Wildman–Crippen LogP) is 4.51. The second-order valence-corrected chi connectivity index (χ2v) is 9.41. The summed E-state index contributed by atoms with van der Waals surface area (Å²) in [5.74, 6) is -2.21. The molecular formula is C26H25BrN2O5. The molecule has 1 aliphatic carbocycles. The van der Waals surface area contributed by atoms with E-state index in [1.807, 2.05) is 38.1 Å². The fraction of sp³-hybridized carbons (Fsp3) is 0.308. The van der Waals surface area contributed by atoms with Gasteiger partial charge in [-0.25, -0.2) is 4.79 Å². The van der Waals surface area contributed by atoms with E-state index in [0.717, 1.165) is 16.5 Å². The lowest BCUT2D eigenvalue weighted by molar-refractivity contribution is -0.123. The van der Waals surface area contributed by atoms with Gasteiger partial charge in [-0.2, -0.15) is 0 Å². The summed E-state index contributed by atoms with van der Waals surface area (Å²) in [5.41, 5.74) is 2.27. The zero-order valence-electron chi connectivity index (χ0n) is 18.9. The average Bonchev–Trinajstić information content (AvgIpc) is 3.09. The number of rotatable bonds is 6. The van der Waals surface area contributed by atoms with Gasteiger partial charge in [-0.3, -0.25) is 19.3 Å². The van der Waals surface area contributed by atoms with Crippen LogP contribution in [0.25, 0.3) is 0 Å². The van der Waals surface area contributed by atoms with Crippen molar-refractivity contribution in [3.8, 4) is 0 Å². The van der Waals surface area contributed by atoms with Gasteiger partial charge in [0, 0.05) is 10.2 Å². The zero-order valence-corrected chi connectivity index (χ0v) is 20.5. The minimum atomic E-state index is -0.668. The molecule has 8 heteroatoms. The van der Waals surface area contributed by atoms with Crippen molar-refractivity contribution in [2.24, 2.45) is 17.8 Å². The Morgan fingerprint density at radius 1 is 1.12 bits per heavy atom. The number of carbonyl (C=O) groups is 4. The van der Waals surface area contributed by atoms with Crippen LogP contribution in [0.15, 0.2) is 59.1 Å². The van der Waals surface area contributed by atoms with Gasteiger partial charge in [0.2, 0.25) is 11.8 Å². The molecule has 2 aliphatic rings. The maximum absolute atomic E-state index is 12.9. The molecule has 1 aliphatic heterocycles. The number of fused-ring (bicyclic) bond motifs is 1. The molecule has 0 spiro atoms. The number of hydrogen-bond donors (Lipinski definition) is 1. The van der Waals surface area contributed by atoms with E-state index in [4.69, 9.17) is 4.74 Å². The Morgan fingerprint density at radius 2 is 1.85 bits per heavy atom. The molecule has 3 amide bonds. The third-order valence-electron chi connectivity index (χ3n) is 6.29. The van der Waals surface area contributed by atoms with Crippen LogP contribution in [-0.4, -0.2) is 30.3 Å². The van der Waals surface area contributed by atoms with Crippen molar-refractivity contribution in [1.82, 2.24) is 0 Å². The molecule has 0 unspecified atom stereocenters. The molecular weight excluding hydrogens is 500 g/mol. The second kappa shape index (κ2) is 9.93. The van der Waals surface area contributed by atoms with Gasteiger partial charge in [-0.15, -0.1) is 0 Å². The third kappa shape index (κ3) is 4.68. The Hall–Kier alpha value is -3.26. The summed E-state index contributed by atoms with van der Waals surface area (Å²) in [6.07, 6.45) is 5.23. The average molecular weight is 525 g/mol. The Balaban J connectivity index is 1.37. The van der Waals surface area contributed by atoms with Crippen LogP contribution in [0.2, 0.25) is 0 Å². The first-order valence-corrected chi connectivity index (χ1v) is 12.0. The van der Waals surface area contributed by atoms with E-state index < -0.39 is 18.5 Å². The van der Waals surface area contributed by atoms with Gasteiger partial charge in [0.25, 0.3) is 5.91 Å². The number of esters is 1.